The molecule has 2 aromatic heterocycles. The van der Waals surface area contributed by atoms with Crippen LogP contribution in [0.15, 0.2) is 24.3 Å². The summed E-state index contributed by atoms with van der Waals surface area (Å²) in [5, 5.41) is 0. The van der Waals surface area contributed by atoms with E-state index in [1.165, 1.54) is 89.9 Å². The van der Waals surface area contributed by atoms with Gasteiger partial charge >= 0.3 is 0 Å². The van der Waals surface area contributed by atoms with Gasteiger partial charge in [0.2, 0.25) is 0 Å². The average Bonchev–Trinajstić information content (AvgIpc) is 4.24. The Labute approximate surface area is 463 Å². The molecule has 2 heterocycles. The van der Waals surface area contributed by atoms with E-state index in [1.54, 1.807) is 190 Å². The lowest BCUT2D eigenvalue weighted by Crippen LogP contribution is -2.60. The molecule has 14 rings (SSSR count). The predicted molar refractivity (Wildman–Crippen MR) is 316 cm³/mol. The Morgan fingerprint density at radius 3 is 0.757 bits per heavy atom. The van der Waals surface area contributed by atoms with E-state index >= 15 is 0 Å². The Morgan fingerprint density at radius 1 is 0.203 bits per heavy atom. The highest BCUT2D eigenvalue weighted by Gasteiger charge is 2.63. The summed E-state index contributed by atoms with van der Waals surface area (Å²) in [6, 6.07) is 10.7. The SMILES string of the molecule is c1cc(C2CCC(C3C4CCCCC4C(C4C5CCCCC5C(C5CCC(c6ccc(C7CCCCC7)s6)CC5C5CCCCC5)C5CCCCC54)C4CCCCC43)C(C3CCCCC3)C2)sc1C1CCCCC1. The van der Waals surface area contributed by atoms with Crippen LogP contribution in [-0.4, -0.2) is 0 Å². The zero-order valence-corrected chi connectivity index (χ0v) is 49.2. The molecule has 12 saturated carbocycles. The van der Waals surface area contributed by atoms with Gasteiger partial charge in [0.15, 0.2) is 0 Å². The summed E-state index contributed by atoms with van der Waals surface area (Å²) in [5.41, 5.74) is 0. The Kier molecular flexibility index (Phi) is 16.3. The standard InChI is InChI=1S/C72H110S2/c1-5-21-47(22-6-1)63-45-51(67-43-41-65(73-67)49-25-9-3-10-26-49)37-39-61(63)69-53-29-13-17-33-57(53)71(58-34-18-14-30-54(58)69)72-59-35-19-15-31-55(59)70(56-32-16-20-36-60(56)72)62-40-38-52(46-64(62)48-23-7-2-8-24-48)68-44-42-66(74-68)50-27-11-4-12-28-50/h41-44,47-64,69-72H,1-40,45-46H2. The zero-order chi connectivity index (χ0) is 49.0. The van der Waals surface area contributed by atoms with Gasteiger partial charge in [0.05, 0.1) is 0 Å². The summed E-state index contributed by atoms with van der Waals surface area (Å²) in [4.78, 5) is 7.24. The summed E-state index contributed by atoms with van der Waals surface area (Å²) < 4.78 is 0. The van der Waals surface area contributed by atoms with E-state index in [1.807, 2.05) is 9.75 Å². The Morgan fingerprint density at radius 2 is 0.446 bits per heavy atom. The van der Waals surface area contributed by atoms with Crippen molar-refractivity contribution in [3.8, 4) is 0 Å². The first-order chi connectivity index (χ1) is 36.7. The van der Waals surface area contributed by atoms with E-state index in [2.05, 4.69) is 46.9 Å². The average molecular weight is 1040 g/mol. The molecule has 14 unspecified atom stereocenters. The molecule has 2 aromatic rings. The number of hydrogen-bond donors (Lipinski definition) is 0. The van der Waals surface area contributed by atoms with Crippen molar-refractivity contribution in [3.05, 3.63) is 43.8 Å². The summed E-state index contributed by atoms with van der Waals surface area (Å²) >= 11 is 4.65. The highest BCUT2D eigenvalue weighted by Crippen LogP contribution is 2.70. The first kappa shape index (κ1) is 51.5. The third-order valence-electron chi connectivity index (χ3n) is 27.4. The molecule has 0 aliphatic heterocycles. The van der Waals surface area contributed by atoms with Crippen LogP contribution in [0, 0.1) is 107 Å². The van der Waals surface area contributed by atoms with Gasteiger partial charge in [0.25, 0.3) is 0 Å². The van der Waals surface area contributed by atoms with E-state index in [4.69, 9.17) is 0 Å². The van der Waals surface area contributed by atoms with Crippen molar-refractivity contribution < 1.29 is 0 Å². The molecule has 0 N–H and O–H groups in total. The van der Waals surface area contributed by atoms with Crippen LogP contribution in [0.4, 0.5) is 0 Å². The minimum absolute atomic E-state index is 0.866. The van der Waals surface area contributed by atoms with Gasteiger partial charge in [-0.05, 0) is 270 Å². The molecule has 14 atom stereocenters. The Bertz CT molecular complexity index is 1870. The highest BCUT2D eigenvalue weighted by molar-refractivity contribution is 7.12. The van der Waals surface area contributed by atoms with Crippen molar-refractivity contribution >= 4 is 22.7 Å². The molecule has 74 heavy (non-hydrogen) atoms. The number of rotatable bonds is 9. The van der Waals surface area contributed by atoms with Crippen molar-refractivity contribution in [1.29, 1.82) is 0 Å². The van der Waals surface area contributed by atoms with Crippen LogP contribution in [0.25, 0.3) is 0 Å². The molecule has 0 aromatic carbocycles. The van der Waals surface area contributed by atoms with Gasteiger partial charge in [-0.25, -0.2) is 0 Å². The van der Waals surface area contributed by atoms with Gasteiger partial charge in [0, 0.05) is 19.5 Å². The molecule has 12 aliphatic rings. The van der Waals surface area contributed by atoms with Gasteiger partial charge in [-0.15, -0.1) is 22.7 Å². The maximum atomic E-state index is 2.70. The monoisotopic (exact) mass is 1040 g/mol. The van der Waals surface area contributed by atoms with Gasteiger partial charge in [-0.1, -0.05) is 154 Å². The van der Waals surface area contributed by atoms with Gasteiger partial charge in [-0.3, -0.25) is 0 Å². The third-order valence-corrected chi connectivity index (χ3v) is 30.2. The van der Waals surface area contributed by atoms with Crippen LogP contribution >= 0.6 is 22.7 Å². The fraction of sp³-hybridized carbons (Fsp3) is 0.889. The van der Waals surface area contributed by atoms with Crippen LogP contribution in [0.1, 0.15) is 313 Å². The summed E-state index contributed by atoms with van der Waals surface area (Å²) in [5.74, 6) is 22.6. The minimum Gasteiger partial charge on any atom is -0.145 e. The van der Waals surface area contributed by atoms with E-state index in [0.29, 0.717) is 0 Å². The fourth-order valence-electron chi connectivity index (χ4n) is 24.8. The van der Waals surface area contributed by atoms with Crippen LogP contribution in [0.2, 0.25) is 0 Å². The second-order valence-electron chi connectivity index (χ2n) is 30.4. The highest BCUT2D eigenvalue weighted by atomic mass is 32.1. The Hall–Kier alpha value is -0.600. The van der Waals surface area contributed by atoms with Crippen LogP contribution in [0.3, 0.4) is 0 Å². The van der Waals surface area contributed by atoms with Crippen LogP contribution < -0.4 is 0 Å². The first-order valence-corrected chi connectivity index (χ1v) is 36.6. The zero-order valence-electron chi connectivity index (χ0n) is 47.5. The van der Waals surface area contributed by atoms with Crippen molar-refractivity contribution in [1.82, 2.24) is 0 Å². The normalized spacial score (nSPS) is 44.4. The fourth-order valence-corrected chi connectivity index (χ4v) is 27.4. The molecule has 0 amide bonds. The maximum Gasteiger partial charge on any atom is 0.00793 e. The summed E-state index contributed by atoms with van der Waals surface area (Å²) in [6.07, 6.45) is 65.4. The van der Waals surface area contributed by atoms with Crippen molar-refractivity contribution in [2.75, 3.05) is 0 Å². The summed E-state index contributed by atoms with van der Waals surface area (Å²) in [7, 11) is 0. The predicted octanol–water partition coefficient (Wildman–Crippen LogP) is 22.5. The van der Waals surface area contributed by atoms with Crippen molar-refractivity contribution in [2.24, 2.45) is 107 Å². The van der Waals surface area contributed by atoms with E-state index in [0.717, 1.165) is 130 Å². The molecule has 12 fully saturated rings. The topological polar surface area (TPSA) is 0 Å². The second kappa shape index (κ2) is 23.5. The van der Waals surface area contributed by atoms with Gasteiger partial charge in [-0.2, -0.15) is 0 Å². The molecule has 2 heteroatoms. The van der Waals surface area contributed by atoms with Gasteiger partial charge < -0.3 is 0 Å². The Balaban J connectivity index is 0.766. The van der Waals surface area contributed by atoms with E-state index in [9.17, 15) is 0 Å². The lowest BCUT2D eigenvalue weighted by molar-refractivity contribution is -0.182. The molecular formula is C72H110S2. The molecule has 0 saturated heterocycles. The number of fused-ring (bicyclic) bond motifs is 4. The minimum atomic E-state index is 0.866. The van der Waals surface area contributed by atoms with Crippen molar-refractivity contribution in [2.45, 2.75) is 293 Å². The summed E-state index contributed by atoms with van der Waals surface area (Å²) in [6.45, 7) is 0. The van der Waals surface area contributed by atoms with Crippen LogP contribution in [0.5, 0.6) is 0 Å². The quantitative estimate of drug-likeness (QED) is 0.235. The molecule has 12 aliphatic carbocycles. The lowest BCUT2D eigenvalue weighted by atomic mass is 9.38. The molecule has 0 bridgehead atoms. The molecule has 410 valence electrons. The van der Waals surface area contributed by atoms with Gasteiger partial charge in [0.1, 0.15) is 0 Å². The van der Waals surface area contributed by atoms with E-state index < -0.39 is 0 Å². The number of hydrogen-bond acceptors (Lipinski definition) is 2. The number of thiophene rings is 2. The first-order valence-electron chi connectivity index (χ1n) is 34.9. The molecular weight excluding hydrogens is 929 g/mol. The maximum absolute atomic E-state index is 2.70. The molecule has 0 spiro atoms. The van der Waals surface area contributed by atoms with E-state index in [-0.39, 0.29) is 0 Å². The third kappa shape index (κ3) is 10.1. The molecule has 0 radical (unpaired) electrons. The second-order valence-corrected chi connectivity index (χ2v) is 32.7. The lowest BCUT2D eigenvalue weighted by Gasteiger charge is -2.66. The van der Waals surface area contributed by atoms with Crippen molar-refractivity contribution in [3.63, 3.8) is 0 Å². The smallest absolute Gasteiger partial charge is 0.00793 e. The largest absolute Gasteiger partial charge is 0.145 e. The molecule has 0 nitrogen and oxygen atoms in total. The van der Waals surface area contributed by atoms with Crippen LogP contribution in [-0.2, 0) is 0 Å².